The lowest BCUT2D eigenvalue weighted by atomic mass is 10.8. The van der Waals surface area contributed by atoms with Gasteiger partial charge in [-0.2, -0.15) is 0 Å². The average molecular weight is 361 g/mol. The molecule has 146 valence electrons. The van der Waals surface area contributed by atoms with Gasteiger partial charge in [0.05, 0.1) is 6.61 Å². The second kappa shape index (κ2) is 37.0. The maximum atomic E-state index is 9.00. The fourth-order valence-corrected chi connectivity index (χ4v) is 0. The summed E-state index contributed by atoms with van der Waals surface area (Å²) in [4.78, 5) is 45.0. The smallest absolute Gasteiger partial charge is 0.300 e. The van der Waals surface area contributed by atoms with Gasteiger partial charge in [-0.15, -0.1) is 0 Å². The third kappa shape index (κ3) is 2150. The van der Waals surface area contributed by atoms with Crippen molar-refractivity contribution in [2.45, 2.75) is 34.6 Å². The molecule has 12 nitrogen and oxygen atoms in total. The molecule has 0 atom stereocenters. The number of carboxylic acids is 5. The lowest BCUT2D eigenvalue weighted by Gasteiger charge is -1.71. The number of hydrogen-bond donors (Lipinski definition) is 7. The molecule has 0 radical (unpaired) electrons. The minimum atomic E-state index is -0.833. The SMILES string of the molecule is CC(=O)O.CC(=O)O.CC(=O)O.CC(=O)O.CC(=O)O.NCCO. The summed E-state index contributed by atoms with van der Waals surface area (Å²) in [7, 11) is 0. The Balaban J connectivity index is -0.0000000405. The number of carboxylic acid groups (broad SMARTS) is 5. The highest BCUT2D eigenvalue weighted by Crippen LogP contribution is 1.43. The molecular weight excluding hydrogens is 334 g/mol. The largest absolute Gasteiger partial charge is 0.481 e. The number of hydrogen-bond acceptors (Lipinski definition) is 7. The molecule has 12 heteroatoms. The molecule has 24 heavy (non-hydrogen) atoms. The molecule has 0 aromatic heterocycles. The lowest BCUT2D eigenvalue weighted by molar-refractivity contribution is -0.135. The van der Waals surface area contributed by atoms with Crippen LogP contribution in [-0.2, 0) is 24.0 Å². The highest BCUT2D eigenvalue weighted by atomic mass is 16.4. The summed E-state index contributed by atoms with van der Waals surface area (Å²) in [6.45, 7) is 5.89. The van der Waals surface area contributed by atoms with Gasteiger partial charge in [0.1, 0.15) is 0 Å². The minimum absolute atomic E-state index is 0.0972. The first kappa shape index (κ1) is 37.5. The van der Waals surface area contributed by atoms with E-state index >= 15 is 0 Å². The van der Waals surface area contributed by atoms with E-state index in [0.717, 1.165) is 34.6 Å². The summed E-state index contributed by atoms with van der Waals surface area (Å²) in [5.41, 5.74) is 4.78. The van der Waals surface area contributed by atoms with E-state index in [-0.39, 0.29) is 6.61 Å². The van der Waals surface area contributed by atoms with Gasteiger partial charge in [0.25, 0.3) is 29.8 Å². The van der Waals surface area contributed by atoms with Gasteiger partial charge < -0.3 is 36.4 Å². The van der Waals surface area contributed by atoms with Crippen molar-refractivity contribution in [1.29, 1.82) is 0 Å². The molecule has 0 rings (SSSR count). The first-order chi connectivity index (χ1) is 10.6. The molecule has 0 aliphatic rings. The molecule has 0 saturated carbocycles. The topological polar surface area (TPSA) is 233 Å². The molecule has 0 aromatic carbocycles. The van der Waals surface area contributed by atoms with Gasteiger partial charge in [0.15, 0.2) is 0 Å². The summed E-state index contributed by atoms with van der Waals surface area (Å²) in [6, 6.07) is 0. The van der Waals surface area contributed by atoms with Crippen molar-refractivity contribution >= 4 is 29.8 Å². The van der Waals surface area contributed by atoms with E-state index in [2.05, 4.69) is 0 Å². The third-order valence-electron chi connectivity index (χ3n) is 0.129. The van der Waals surface area contributed by atoms with Crippen molar-refractivity contribution in [2.75, 3.05) is 13.2 Å². The molecule has 8 N–H and O–H groups in total. The number of carbonyl (C=O) groups is 5. The predicted molar refractivity (Wildman–Crippen MR) is 82.7 cm³/mol. The van der Waals surface area contributed by atoms with Gasteiger partial charge in [-0.25, -0.2) is 0 Å². The molecular formula is C12H27NO11. The van der Waals surface area contributed by atoms with Crippen LogP contribution >= 0.6 is 0 Å². The van der Waals surface area contributed by atoms with Crippen molar-refractivity contribution < 1.29 is 54.6 Å². The molecule has 0 aliphatic carbocycles. The Morgan fingerprint density at radius 2 is 0.625 bits per heavy atom. The number of nitrogens with two attached hydrogens (primary N) is 1. The van der Waals surface area contributed by atoms with Gasteiger partial charge in [0.2, 0.25) is 0 Å². The summed E-state index contributed by atoms with van der Waals surface area (Å²) in [6.07, 6.45) is 0. The van der Waals surface area contributed by atoms with E-state index in [1.54, 1.807) is 0 Å². The molecule has 0 aliphatic heterocycles. The second-order valence-electron chi connectivity index (χ2n) is 3.11. The second-order valence-corrected chi connectivity index (χ2v) is 3.11. The first-order valence-corrected chi connectivity index (χ1v) is 5.86. The molecule has 0 aromatic rings. The van der Waals surface area contributed by atoms with Crippen LogP contribution in [-0.4, -0.2) is 73.6 Å². The summed E-state index contributed by atoms with van der Waals surface area (Å²) < 4.78 is 0. The third-order valence-corrected chi connectivity index (χ3v) is 0.129. The minimum Gasteiger partial charge on any atom is -0.481 e. The Morgan fingerprint density at radius 3 is 0.625 bits per heavy atom. The normalized spacial score (nSPS) is 6.46. The predicted octanol–water partition coefficient (Wildman–Crippen LogP) is -0.608. The maximum Gasteiger partial charge on any atom is 0.300 e. The van der Waals surface area contributed by atoms with E-state index < -0.39 is 29.8 Å². The molecule has 0 unspecified atom stereocenters. The van der Waals surface area contributed by atoms with Gasteiger partial charge in [-0.3, -0.25) is 24.0 Å². The molecule has 0 heterocycles. The zero-order valence-corrected chi connectivity index (χ0v) is 14.2. The van der Waals surface area contributed by atoms with Crippen LogP contribution in [0.25, 0.3) is 0 Å². The number of aliphatic carboxylic acids is 5. The van der Waals surface area contributed by atoms with E-state index in [1.165, 1.54) is 0 Å². The van der Waals surface area contributed by atoms with Crippen molar-refractivity contribution in [3.63, 3.8) is 0 Å². The fraction of sp³-hybridized carbons (Fsp3) is 0.583. The Morgan fingerprint density at radius 1 is 0.583 bits per heavy atom. The summed E-state index contributed by atoms with van der Waals surface area (Å²) in [5, 5.41) is 44.8. The summed E-state index contributed by atoms with van der Waals surface area (Å²) >= 11 is 0. The van der Waals surface area contributed by atoms with Crippen LogP contribution in [0.4, 0.5) is 0 Å². The van der Waals surface area contributed by atoms with Crippen molar-refractivity contribution in [2.24, 2.45) is 5.73 Å². The van der Waals surface area contributed by atoms with Gasteiger partial charge in [0, 0.05) is 41.2 Å². The Hall–Kier alpha value is -2.73. The molecule has 0 fully saturated rings. The standard InChI is InChI=1S/C2H7NO.5C2H4O2/c3-1-2-4;5*1-2(3)4/h4H,1-3H2;5*1H3,(H,3,4). The van der Waals surface area contributed by atoms with Crippen LogP contribution in [0.2, 0.25) is 0 Å². The quantitative estimate of drug-likeness (QED) is 0.310. The maximum absolute atomic E-state index is 9.00. The Labute approximate surface area is 139 Å². The van der Waals surface area contributed by atoms with Crippen LogP contribution < -0.4 is 5.73 Å². The number of aliphatic hydroxyl groups is 1. The van der Waals surface area contributed by atoms with Crippen molar-refractivity contribution in [3.05, 3.63) is 0 Å². The highest BCUT2D eigenvalue weighted by Gasteiger charge is 1.67. The molecule has 0 saturated heterocycles. The van der Waals surface area contributed by atoms with E-state index in [0.29, 0.717) is 6.54 Å². The fourth-order valence-electron chi connectivity index (χ4n) is 0. The summed E-state index contributed by atoms with van der Waals surface area (Å²) in [5.74, 6) is -4.17. The van der Waals surface area contributed by atoms with E-state index in [4.69, 9.17) is 60.3 Å². The molecule has 0 spiro atoms. The van der Waals surface area contributed by atoms with Gasteiger partial charge in [-0.1, -0.05) is 0 Å². The Bertz CT molecular complexity index is 237. The monoisotopic (exact) mass is 361 g/mol. The lowest BCUT2D eigenvalue weighted by Crippen LogP contribution is -2.02. The van der Waals surface area contributed by atoms with Gasteiger partial charge >= 0.3 is 0 Å². The van der Waals surface area contributed by atoms with Crippen molar-refractivity contribution in [3.8, 4) is 0 Å². The van der Waals surface area contributed by atoms with Crippen molar-refractivity contribution in [1.82, 2.24) is 0 Å². The van der Waals surface area contributed by atoms with E-state index in [9.17, 15) is 0 Å². The number of aliphatic hydroxyl groups excluding tert-OH is 1. The van der Waals surface area contributed by atoms with E-state index in [1.807, 2.05) is 0 Å². The zero-order valence-electron chi connectivity index (χ0n) is 14.2. The van der Waals surface area contributed by atoms with Crippen LogP contribution in [0.3, 0.4) is 0 Å². The molecule has 0 amide bonds. The van der Waals surface area contributed by atoms with Crippen LogP contribution in [0.5, 0.6) is 0 Å². The Kier molecular flexibility index (Phi) is 57.7. The van der Waals surface area contributed by atoms with Crippen LogP contribution in [0.1, 0.15) is 34.6 Å². The highest BCUT2D eigenvalue weighted by molar-refractivity contribution is 5.63. The first-order valence-electron chi connectivity index (χ1n) is 5.86. The van der Waals surface area contributed by atoms with Gasteiger partial charge in [-0.05, 0) is 0 Å². The number of rotatable bonds is 1. The van der Waals surface area contributed by atoms with Crippen LogP contribution in [0.15, 0.2) is 0 Å². The average Bonchev–Trinajstić information content (AvgIpc) is 2.24. The molecule has 0 bridgehead atoms. The zero-order chi connectivity index (χ0) is 21.3. The van der Waals surface area contributed by atoms with Crippen LogP contribution in [0, 0.1) is 0 Å².